The van der Waals surface area contributed by atoms with Crippen molar-refractivity contribution in [3.8, 4) is 0 Å². The molecule has 0 radical (unpaired) electrons. The summed E-state index contributed by atoms with van der Waals surface area (Å²) < 4.78 is 18.5. The van der Waals surface area contributed by atoms with Crippen LogP contribution in [0.2, 0.25) is 0 Å². The Morgan fingerprint density at radius 1 is 1.65 bits per heavy atom. The lowest BCUT2D eigenvalue weighted by Gasteiger charge is -2.13. The smallest absolute Gasteiger partial charge is 0.414 e. The molecule has 1 aromatic carbocycles. The molecule has 1 fully saturated rings. The Labute approximate surface area is 112 Å². The minimum Gasteiger partial charge on any atom is -0.478 e. The molecule has 0 saturated carbocycles. The van der Waals surface area contributed by atoms with Crippen molar-refractivity contribution in [2.45, 2.75) is 6.10 Å². The average Bonchev–Trinajstić information content (AvgIpc) is 2.77. The number of azide groups is 1. The van der Waals surface area contributed by atoms with Crippen LogP contribution < -0.4 is 4.90 Å². The van der Waals surface area contributed by atoms with Crippen molar-refractivity contribution >= 4 is 17.7 Å². The van der Waals surface area contributed by atoms with E-state index in [1.807, 2.05) is 0 Å². The fourth-order valence-electron chi connectivity index (χ4n) is 1.80. The van der Waals surface area contributed by atoms with E-state index in [4.69, 9.17) is 15.4 Å². The predicted octanol–water partition coefficient (Wildman–Crippen LogP) is 2.16. The van der Waals surface area contributed by atoms with E-state index >= 15 is 0 Å². The molecule has 0 aliphatic carbocycles. The Kier molecular flexibility index (Phi) is 3.72. The number of hydrogen-bond acceptors (Lipinski definition) is 4. The number of rotatable bonds is 4. The fraction of sp³-hybridized carbons (Fsp3) is 0.273. The molecular formula is C11H9FN4O4. The van der Waals surface area contributed by atoms with Crippen LogP contribution in [0.25, 0.3) is 10.4 Å². The van der Waals surface area contributed by atoms with Gasteiger partial charge in [-0.05, 0) is 23.7 Å². The first-order valence-electron chi connectivity index (χ1n) is 5.54. The number of carbonyl (C=O) groups excluding carboxylic acids is 1. The van der Waals surface area contributed by atoms with E-state index in [9.17, 15) is 14.0 Å². The van der Waals surface area contributed by atoms with Crippen molar-refractivity contribution in [1.82, 2.24) is 0 Å². The Morgan fingerprint density at radius 2 is 2.40 bits per heavy atom. The first-order chi connectivity index (χ1) is 9.52. The third kappa shape index (κ3) is 2.62. The molecule has 8 nitrogen and oxygen atoms in total. The lowest BCUT2D eigenvalue weighted by atomic mass is 10.2. The number of anilines is 1. The lowest BCUT2D eigenvalue weighted by Crippen LogP contribution is -2.25. The third-order valence-corrected chi connectivity index (χ3v) is 2.72. The SMILES string of the molecule is [N-]=[N+]=NCC1CN(c2ccc(C(=O)O)c(F)c2)C(=O)O1. The van der Waals surface area contributed by atoms with Crippen LogP contribution in [0.3, 0.4) is 0 Å². The number of carboxylic acid groups (broad SMARTS) is 1. The van der Waals surface area contributed by atoms with Crippen LogP contribution in [0.15, 0.2) is 23.3 Å². The van der Waals surface area contributed by atoms with Gasteiger partial charge in [0.15, 0.2) is 0 Å². The highest BCUT2D eigenvalue weighted by molar-refractivity contribution is 5.92. The number of amides is 1. The number of hydrogen-bond donors (Lipinski definition) is 1. The minimum atomic E-state index is -1.39. The van der Waals surface area contributed by atoms with E-state index in [-0.39, 0.29) is 18.8 Å². The maximum atomic E-state index is 13.6. The highest BCUT2D eigenvalue weighted by Gasteiger charge is 2.32. The van der Waals surface area contributed by atoms with Crippen molar-refractivity contribution in [2.75, 3.05) is 18.0 Å². The van der Waals surface area contributed by atoms with Gasteiger partial charge in [0.1, 0.15) is 11.9 Å². The molecule has 1 atom stereocenters. The standard InChI is InChI=1S/C11H9FN4O4/c12-9-3-6(1-2-8(9)10(17)18)16-5-7(4-14-15-13)20-11(16)19/h1-3,7H,4-5H2,(H,17,18). The van der Waals surface area contributed by atoms with Crippen molar-refractivity contribution in [3.63, 3.8) is 0 Å². The van der Waals surface area contributed by atoms with Gasteiger partial charge in [-0.3, -0.25) is 4.90 Å². The monoisotopic (exact) mass is 280 g/mol. The second-order valence-corrected chi connectivity index (χ2v) is 4.00. The molecule has 1 aliphatic rings. The molecule has 20 heavy (non-hydrogen) atoms. The van der Waals surface area contributed by atoms with E-state index in [0.29, 0.717) is 0 Å². The minimum absolute atomic E-state index is 0.0194. The van der Waals surface area contributed by atoms with Crippen molar-refractivity contribution < 1.29 is 23.8 Å². The van der Waals surface area contributed by atoms with Gasteiger partial charge in [-0.25, -0.2) is 14.0 Å². The fourth-order valence-corrected chi connectivity index (χ4v) is 1.80. The number of carbonyl (C=O) groups is 2. The van der Waals surface area contributed by atoms with Crippen LogP contribution >= 0.6 is 0 Å². The topological polar surface area (TPSA) is 116 Å². The first kappa shape index (κ1) is 13.6. The molecule has 1 heterocycles. The molecule has 1 N–H and O–H groups in total. The van der Waals surface area contributed by atoms with Gasteiger partial charge in [0.2, 0.25) is 0 Å². The molecule has 1 saturated heterocycles. The van der Waals surface area contributed by atoms with Crippen LogP contribution in [0.1, 0.15) is 10.4 Å². The van der Waals surface area contributed by atoms with Crippen LogP contribution in [-0.4, -0.2) is 36.4 Å². The van der Waals surface area contributed by atoms with E-state index in [1.165, 1.54) is 6.07 Å². The zero-order chi connectivity index (χ0) is 14.7. The lowest BCUT2D eigenvalue weighted by molar-refractivity contribution is 0.0692. The first-order valence-corrected chi connectivity index (χ1v) is 5.54. The summed E-state index contributed by atoms with van der Waals surface area (Å²) in [7, 11) is 0. The Bertz CT molecular complexity index is 614. The second-order valence-electron chi connectivity index (χ2n) is 4.00. The molecule has 9 heteroatoms. The number of halogens is 1. The highest BCUT2D eigenvalue weighted by atomic mass is 19.1. The second kappa shape index (κ2) is 5.45. The van der Waals surface area contributed by atoms with Gasteiger partial charge in [-0.1, -0.05) is 5.11 Å². The summed E-state index contributed by atoms with van der Waals surface area (Å²) in [6.45, 7) is 0.0815. The summed E-state index contributed by atoms with van der Waals surface area (Å²) in [6.07, 6.45) is -1.31. The number of cyclic esters (lactones) is 1. The van der Waals surface area contributed by atoms with Gasteiger partial charge < -0.3 is 9.84 Å². The number of benzene rings is 1. The molecule has 2 rings (SSSR count). The summed E-state index contributed by atoms with van der Waals surface area (Å²) in [5.74, 6) is -2.33. The molecule has 0 bridgehead atoms. The maximum Gasteiger partial charge on any atom is 0.414 e. The zero-order valence-electron chi connectivity index (χ0n) is 10.1. The van der Waals surface area contributed by atoms with E-state index in [1.54, 1.807) is 0 Å². The average molecular weight is 280 g/mol. The van der Waals surface area contributed by atoms with Gasteiger partial charge in [0.25, 0.3) is 0 Å². The normalized spacial score (nSPS) is 17.6. The Balaban J connectivity index is 2.20. The van der Waals surface area contributed by atoms with Crippen LogP contribution in [0, 0.1) is 5.82 Å². The largest absolute Gasteiger partial charge is 0.478 e. The summed E-state index contributed by atoms with van der Waals surface area (Å²) in [5.41, 5.74) is 7.90. The molecular weight excluding hydrogens is 271 g/mol. The van der Waals surface area contributed by atoms with Crippen LogP contribution in [-0.2, 0) is 4.74 Å². The van der Waals surface area contributed by atoms with Gasteiger partial charge in [-0.15, -0.1) is 0 Å². The van der Waals surface area contributed by atoms with Gasteiger partial charge in [0, 0.05) is 4.91 Å². The predicted molar refractivity (Wildman–Crippen MR) is 65.0 cm³/mol. The van der Waals surface area contributed by atoms with Gasteiger partial charge in [-0.2, -0.15) is 0 Å². The summed E-state index contributed by atoms with van der Waals surface area (Å²) in [6, 6.07) is 3.32. The molecule has 1 amide bonds. The molecule has 0 aromatic heterocycles. The van der Waals surface area contributed by atoms with Gasteiger partial charge in [0.05, 0.1) is 24.3 Å². The number of ether oxygens (including phenoxy) is 1. The summed E-state index contributed by atoms with van der Waals surface area (Å²) >= 11 is 0. The number of aromatic carboxylic acids is 1. The quantitative estimate of drug-likeness (QED) is 0.516. The van der Waals surface area contributed by atoms with Crippen LogP contribution in [0.4, 0.5) is 14.9 Å². The number of nitrogens with zero attached hydrogens (tertiary/aromatic N) is 4. The van der Waals surface area contributed by atoms with Crippen molar-refractivity contribution in [2.24, 2.45) is 5.11 Å². The molecule has 0 spiro atoms. The third-order valence-electron chi connectivity index (χ3n) is 2.72. The Hall–Kier alpha value is -2.80. The summed E-state index contributed by atoms with van der Waals surface area (Å²) in [4.78, 5) is 26.0. The van der Waals surface area contributed by atoms with Crippen molar-refractivity contribution in [1.29, 1.82) is 0 Å². The molecule has 104 valence electrons. The Morgan fingerprint density at radius 3 is 3.00 bits per heavy atom. The number of carboxylic acids is 1. The molecule has 1 aromatic rings. The zero-order valence-corrected chi connectivity index (χ0v) is 10.1. The summed E-state index contributed by atoms with van der Waals surface area (Å²) in [5, 5.41) is 12.0. The molecule has 1 aliphatic heterocycles. The van der Waals surface area contributed by atoms with E-state index in [2.05, 4.69) is 10.0 Å². The maximum absolute atomic E-state index is 13.6. The molecule has 1 unspecified atom stereocenters. The highest BCUT2D eigenvalue weighted by Crippen LogP contribution is 2.24. The van der Waals surface area contributed by atoms with Crippen LogP contribution in [0.5, 0.6) is 0 Å². The van der Waals surface area contributed by atoms with E-state index in [0.717, 1.165) is 17.0 Å². The van der Waals surface area contributed by atoms with Gasteiger partial charge >= 0.3 is 12.1 Å². The van der Waals surface area contributed by atoms with Crippen molar-refractivity contribution in [3.05, 3.63) is 40.0 Å². The van der Waals surface area contributed by atoms with E-state index < -0.39 is 29.5 Å².